The van der Waals surface area contributed by atoms with Crippen LogP contribution in [-0.2, 0) is 16.1 Å². The third-order valence-electron chi connectivity index (χ3n) is 5.11. The molecule has 0 bridgehead atoms. The molecule has 2 amide bonds. The van der Waals surface area contributed by atoms with Gasteiger partial charge in [0.1, 0.15) is 0 Å². The quantitative estimate of drug-likeness (QED) is 0.913. The Morgan fingerprint density at radius 3 is 2.67 bits per heavy atom. The minimum Gasteiger partial charge on any atom is -0.352 e. The summed E-state index contributed by atoms with van der Waals surface area (Å²) in [6.45, 7) is 5.80. The van der Waals surface area contributed by atoms with Crippen LogP contribution >= 0.6 is 0 Å². The van der Waals surface area contributed by atoms with Crippen LogP contribution in [0.4, 0.5) is 0 Å². The zero-order valence-corrected chi connectivity index (χ0v) is 14.4. The highest BCUT2D eigenvalue weighted by atomic mass is 16.2. The molecule has 0 saturated carbocycles. The standard InChI is InChI=1S/C19H27N3O2/c1-15(23)22-10-5-8-17(13-22)19(24)20-18-9-11-21(14-18)12-16-6-3-2-4-7-16/h2-4,6-7,17-18H,5,8-14H2,1H3,(H,20,24)/t17-,18-/m0/s1. The van der Waals surface area contributed by atoms with Crippen LogP contribution in [0.5, 0.6) is 0 Å². The Balaban J connectivity index is 1.46. The lowest BCUT2D eigenvalue weighted by Gasteiger charge is -2.31. The molecule has 2 heterocycles. The SMILES string of the molecule is CC(=O)N1CCC[C@H](C(=O)N[C@H]2CCN(Cc3ccccc3)C2)C1. The third kappa shape index (κ3) is 4.35. The summed E-state index contributed by atoms with van der Waals surface area (Å²) in [5, 5.41) is 3.21. The molecule has 0 aromatic heterocycles. The lowest BCUT2D eigenvalue weighted by atomic mass is 9.96. The van der Waals surface area contributed by atoms with E-state index in [1.165, 1.54) is 5.56 Å². The first-order valence-corrected chi connectivity index (χ1v) is 8.94. The maximum Gasteiger partial charge on any atom is 0.225 e. The minimum atomic E-state index is -0.0502. The molecule has 1 aromatic rings. The molecular formula is C19H27N3O2. The number of carbonyl (C=O) groups excluding carboxylic acids is 2. The van der Waals surface area contributed by atoms with E-state index >= 15 is 0 Å². The molecule has 1 N–H and O–H groups in total. The summed E-state index contributed by atoms with van der Waals surface area (Å²) in [6, 6.07) is 10.7. The molecule has 3 rings (SSSR count). The second-order valence-electron chi connectivity index (χ2n) is 7.02. The number of piperidine rings is 1. The van der Waals surface area contributed by atoms with Crippen LogP contribution in [0.1, 0.15) is 31.7 Å². The van der Waals surface area contributed by atoms with Crippen LogP contribution < -0.4 is 5.32 Å². The number of nitrogens with one attached hydrogen (secondary N) is 1. The Hall–Kier alpha value is -1.88. The molecule has 2 saturated heterocycles. The predicted octanol–water partition coefficient (Wildman–Crippen LogP) is 1.64. The molecule has 1 aromatic carbocycles. The fraction of sp³-hybridized carbons (Fsp3) is 0.579. The molecule has 130 valence electrons. The van der Waals surface area contributed by atoms with Gasteiger partial charge in [-0.25, -0.2) is 0 Å². The van der Waals surface area contributed by atoms with E-state index in [0.717, 1.165) is 45.4 Å². The Bertz CT molecular complexity index is 575. The third-order valence-corrected chi connectivity index (χ3v) is 5.11. The smallest absolute Gasteiger partial charge is 0.225 e. The lowest BCUT2D eigenvalue weighted by molar-refractivity contribution is -0.134. The Labute approximate surface area is 144 Å². The van der Waals surface area contributed by atoms with Crippen LogP contribution in [-0.4, -0.2) is 53.8 Å². The Kier molecular flexibility index (Phi) is 5.51. The van der Waals surface area contributed by atoms with E-state index in [1.54, 1.807) is 11.8 Å². The van der Waals surface area contributed by atoms with E-state index < -0.39 is 0 Å². The fourth-order valence-electron chi connectivity index (χ4n) is 3.73. The zero-order chi connectivity index (χ0) is 16.9. The molecule has 0 unspecified atom stereocenters. The number of benzene rings is 1. The van der Waals surface area contributed by atoms with Gasteiger partial charge in [-0.1, -0.05) is 30.3 Å². The highest BCUT2D eigenvalue weighted by Crippen LogP contribution is 2.19. The van der Waals surface area contributed by atoms with Gasteiger partial charge in [-0.2, -0.15) is 0 Å². The van der Waals surface area contributed by atoms with Crippen molar-refractivity contribution in [1.82, 2.24) is 15.1 Å². The van der Waals surface area contributed by atoms with Gasteiger partial charge in [0.25, 0.3) is 0 Å². The summed E-state index contributed by atoms with van der Waals surface area (Å²) >= 11 is 0. The van der Waals surface area contributed by atoms with Crippen molar-refractivity contribution >= 4 is 11.8 Å². The normalized spacial score (nSPS) is 24.8. The Morgan fingerprint density at radius 1 is 1.12 bits per heavy atom. The van der Waals surface area contributed by atoms with Crippen molar-refractivity contribution in [1.29, 1.82) is 0 Å². The second kappa shape index (κ2) is 7.79. The number of nitrogens with zero attached hydrogens (tertiary/aromatic N) is 2. The number of hydrogen-bond acceptors (Lipinski definition) is 3. The maximum absolute atomic E-state index is 12.5. The van der Waals surface area contributed by atoms with Gasteiger partial charge in [0.2, 0.25) is 11.8 Å². The van der Waals surface area contributed by atoms with E-state index in [1.807, 2.05) is 6.07 Å². The van der Waals surface area contributed by atoms with Crippen LogP contribution in [0.15, 0.2) is 30.3 Å². The molecule has 5 heteroatoms. The average molecular weight is 329 g/mol. The summed E-state index contributed by atoms with van der Waals surface area (Å²) in [6.07, 6.45) is 2.81. The van der Waals surface area contributed by atoms with Gasteiger partial charge in [-0.05, 0) is 24.8 Å². The first kappa shape index (κ1) is 17.0. The summed E-state index contributed by atoms with van der Waals surface area (Å²) in [4.78, 5) is 28.2. The van der Waals surface area contributed by atoms with Gasteiger partial charge in [0, 0.05) is 45.7 Å². The molecule has 2 atom stereocenters. The van der Waals surface area contributed by atoms with E-state index in [4.69, 9.17) is 0 Å². The van der Waals surface area contributed by atoms with Gasteiger partial charge in [0.05, 0.1) is 5.92 Å². The number of carbonyl (C=O) groups is 2. The zero-order valence-electron chi connectivity index (χ0n) is 14.4. The molecule has 2 fully saturated rings. The molecule has 2 aliphatic rings. The predicted molar refractivity (Wildman–Crippen MR) is 93.2 cm³/mol. The van der Waals surface area contributed by atoms with Crippen molar-refractivity contribution in [2.45, 2.75) is 38.8 Å². The van der Waals surface area contributed by atoms with Crippen molar-refractivity contribution in [3.05, 3.63) is 35.9 Å². The first-order valence-electron chi connectivity index (χ1n) is 8.94. The molecule has 5 nitrogen and oxygen atoms in total. The van der Waals surface area contributed by atoms with E-state index in [0.29, 0.717) is 6.54 Å². The summed E-state index contributed by atoms with van der Waals surface area (Å²) in [5.41, 5.74) is 1.31. The highest BCUT2D eigenvalue weighted by Gasteiger charge is 2.30. The first-order chi connectivity index (χ1) is 11.6. The van der Waals surface area contributed by atoms with Crippen molar-refractivity contribution in [2.24, 2.45) is 5.92 Å². The van der Waals surface area contributed by atoms with Gasteiger partial charge in [-0.3, -0.25) is 14.5 Å². The van der Waals surface area contributed by atoms with Crippen LogP contribution in [0.2, 0.25) is 0 Å². The van der Waals surface area contributed by atoms with Crippen molar-refractivity contribution in [3.63, 3.8) is 0 Å². The largest absolute Gasteiger partial charge is 0.352 e. The second-order valence-corrected chi connectivity index (χ2v) is 7.02. The minimum absolute atomic E-state index is 0.0502. The number of rotatable bonds is 4. The number of likely N-dealkylation sites (tertiary alicyclic amines) is 2. The van der Waals surface area contributed by atoms with Gasteiger partial charge >= 0.3 is 0 Å². The van der Waals surface area contributed by atoms with Gasteiger partial charge in [0.15, 0.2) is 0 Å². The van der Waals surface area contributed by atoms with Crippen LogP contribution in [0.3, 0.4) is 0 Å². The molecule has 0 radical (unpaired) electrons. The van der Waals surface area contributed by atoms with Crippen LogP contribution in [0, 0.1) is 5.92 Å². The van der Waals surface area contributed by atoms with Crippen molar-refractivity contribution in [3.8, 4) is 0 Å². The summed E-state index contributed by atoms with van der Waals surface area (Å²) < 4.78 is 0. The van der Waals surface area contributed by atoms with Gasteiger partial charge in [-0.15, -0.1) is 0 Å². The molecule has 24 heavy (non-hydrogen) atoms. The monoisotopic (exact) mass is 329 g/mol. The maximum atomic E-state index is 12.5. The molecule has 2 aliphatic heterocycles. The van der Waals surface area contributed by atoms with Crippen LogP contribution in [0.25, 0.3) is 0 Å². The fourth-order valence-corrected chi connectivity index (χ4v) is 3.73. The lowest BCUT2D eigenvalue weighted by Crippen LogP contribution is -2.47. The van der Waals surface area contributed by atoms with E-state index in [9.17, 15) is 9.59 Å². The average Bonchev–Trinajstić information content (AvgIpc) is 3.02. The Morgan fingerprint density at radius 2 is 1.92 bits per heavy atom. The summed E-state index contributed by atoms with van der Waals surface area (Å²) in [5.74, 6) is 0.140. The number of amides is 2. The topological polar surface area (TPSA) is 52.7 Å². The molecular weight excluding hydrogens is 302 g/mol. The van der Waals surface area contributed by atoms with E-state index in [2.05, 4.69) is 34.5 Å². The van der Waals surface area contributed by atoms with Crippen molar-refractivity contribution < 1.29 is 9.59 Å². The van der Waals surface area contributed by atoms with Crippen molar-refractivity contribution in [2.75, 3.05) is 26.2 Å². The van der Waals surface area contributed by atoms with E-state index in [-0.39, 0.29) is 23.8 Å². The highest BCUT2D eigenvalue weighted by molar-refractivity contribution is 5.81. The molecule has 0 aliphatic carbocycles. The molecule has 0 spiro atoms. The summed E-state index contributed by atoms with van der Waals surface area (Å²) in [7, 11) is 0. The number of hydrogen-bond donors (Lipinski definition) is 1. The van der Waals surface area contributed by atoms with Gasteiger partial charge < -0.3 is 10.2 Å².